The number of hydrogen-bond acceptors (Lipinski definition) is 4. The normalized spacial score (nSPS) is 14.3. The van der Waals surface area contributed by atoms with Crippen LogP contribution in [0.4, 0.5) is 5.69 Å². The van der Waals surface area contributed by atoms with E-state index in [2.05, 4.69) is 29.2 Å². The van der Waals surface area contributed by atoms with Crippen LogP contribution in [0.1, 0.15) is 30.8 Å². The number of aryl methyl sites for hydroxylation is 1. The number of nitrogens with zero attached hydrogens (tertiary/aromatic N) is 4. The van der Waals surface area contributed by atoms with Crippen molar-refractivity contribution in [2.45, 2.75) is 40.7 Å². The zero-order valence-corrected chi connectivity index (χ0v) is 19.6. The van der Waals surface area contributed by atoms with Crippen LogP contribution in [0, 0.1) is 19.8 Å². The molecule has 1 aliphatic heterocycles. The number of piperazine rings is 1. The van der Waals surface area contributed by atoms with Gasteiger partial charge in [0.25, 0.3) is 0 Å². The highest BCUT2D eigenvalue weighted by atomic mass is 35.5. The number of rotatable bonds is 7. The molecular formula is C23H32ClN5O2. The number of carbonyl (C=O) groups is 2. The third-order valence-corrected chi connectivity index (χ3v) is 5.92. The van der Waals surface area contributed by atoms with Crippen molar-refractivity contribution in [2.24, 2.45) is 5.92 Å². The number of carbonyl (C=O) groups excluding carboxylic acids is 2. The lowest BCUT2D eigenvalue weighted by Crippen LogP contribution is -2.51. The summed E-state index contributed by atoms with van der Waals surface area (Å²) >= 11 is 5.95. The van der Waals surface area contributed by atoms with Crippen molar-refractivity contribution in [1.29, 1.82) is 0 Å². The third kappa shape index (κ3) is 6.00. The third-order valence-electron chi connectivity index (χ3n) is 5.67. The Morgan fingerprint density at radius 1 is 1.10 bits per heavy atom. The first-order valence-electron chi connectivity index (χ1n) is 10.8. The molecule has 0 radical (unpaired) electrons. The predicted octanol–water partition coefficient (Wildman–Crippen LogP) is 2.82. The molecule has 0 bridgehead atoms. The molecule has 1 aliphatic rings. The lowest BCUT2D eigenvalue weighted by molar-refractivity contribution is -0.133. The molecule has 1 aromatic carbocycles. The van der Waals surface area contributed by atoms with Crippen LogP contribution < -0.4 is 10.2 Å². The van der Waals surface area contributed by atoms with Gasteiger partial charge in [-0.2, -0.15) is 5.10 Å². The van der Waals surface area contributed by atoms with Gasteiger partial charge in [-0.1, -0.05) is 25.4 Å². The summed E-state index contributed by atoms with van der Waals surface area (Å²) in [6.45, 7) is 11.9. The highest BCUT2D eigenvalue weighted by Crippen LogP contribution is 2.19. The second-order valence-corrected chi connectivity index (χ2v) is 8.96. The van der Waals surface area contributed by atoms with Gasteiger partial charge in [-0.3, -0.25) is 14.3 Å². The minimum atomic E-state index is -0.150. The minimum Gasteiger partial charge on any atom is -0.368 e. The molecule has 2 amide bonds. The number of aromatic nitrogens is 2. The van der Waals surface area contributed by atoms with Gasteiger partial charge in [0.1, 0.15) is 0 Å². The summed E-state index contributed by atoms with van der Waals surface area (Å²) in [6.07, 6.45) is 0.243. The lowest BCUT2D eigenvalue weighted by atomic mass is 10.1. The van der Waals surface area contributed by atoms with Crippen LogP contribution in [0.3, 0.4) is 0 Å². The van der Waals surface area contributed by atoms with Crippen LogP contribution in [0.15, 0.2) is 24.3 Å². The Hall–Kier alpha value is -2.54. The Morgan fingerprint density at radius 2 is 1.74 bits per heavy atom. The van der Waals surface area contributed by atoms with Crippen LogP contribution in [0.25, 0.3) is 0 Å². The van der Waals surface area contributed by atoms with E-state index in [9.17, 15) is 9.59 Å². The van der Waals surface area contributed by atoms with Crippen molar-refractivity contribution >= 4 is 29.1 Å². The summed E-state index contributed by atoms with van der Waals surface area (Å²) in [5.41, 5.74) is 3.94. The van der Waals surface area contributed by atoms with E-state index >= 15 is 0 Å². The SMILES string of the molecule is Cc1nn(CC(C)C)c(C)c1CC(=O)NCC(=O)N1CCN(c2ccc(Cl)cc2)CC1. The summed E-state index contributed by atoms with van der Waals surface area (Å²) in [7, 11) is 0. The van der Waals surface area contributed by atoms with Crippen LogP contribution >= 0.6 is 11.6 Å². The minimum absolute atomic E-state index is 0.0258. The smallest absolute Gasteiger partial charge is 0.242 e. The largest absolute Gasteiger partial charge is 0.368 e. The standard InChI is InChI=1S/C23H32ClN5O2/c1-16(2)15-29-18(4)21(17(3)26-29)13-22(30)25-14-23(31)28-11-9-27(10-12-28)20-7-5-19(24)6-8-20/h5-8,16H,9-15H2,1-4H3,(H,25,30). The van der Waals surface area contributed by atoms with Gasteiger partial charge in [0, 0.05) is 54.7 Å². The maximum absolute atomic E-state index is 12.6. The van der Waals surface area contributed by atoms with Crippen molar-refractivity contribution in [1.82, 2.24) is 20.0 Å². The van der Waals surface area contributed by atoms with Crippen molar-refractivity contribution in [3.63, 3.8) is 0 Å². The molecule has 7 nitrogen and oxygen atoms in total. The van der Waals surface area contributed by atoms with Gasteiger partial charge < -0.3 is 15.1 Å². The highest BCUT2D eigenvalue weighted by Gasteiger charge is 2.22. The van der Waals surface area contributed by atoms with Crippen LogP contribution in [-0.2, 0) is 22.6 Å². The second-order valence-electron chi connectivity index (χ2n) is 8.52. The summed E-state index contributed by atoms with van der Waals surface area (Å²) in [5, 5.41) is 8.06. The first kappa shape index (κ1) is 23.1. The van der Waals surface area contributed by atoms with E-state index in [4.69, 9.17) is 11.6 Å². The molecule has 0 saturated carbocycles. The van der Waals surface area contributed by atoms with E-state index in [0.717, 1.165) is 42.3 Å². The number of nitrogens with one attached hydrogen (secondary N) is 1. The Morgan fingerprint density at radius 3 is 2.35 bits per heavy atom. The maximum Gasteiger partial charge on any atom is 0.242 e. The number of benzene rings is 1. The number of hydrogen-bond donors (Lipinski definition) is 1. The molecule has 1 N–H and O–H groups in total. The van der Waals surface area contributed by atoms with Gasteiger partial charge >= 0.3 is 0 Å². The van der Waals surface area contributed by atoms with Crippen molar-refractivity contribution in [2.75, 3.05) is 37.6 Å². The number of amides is 2. The van der Waals surface area contributed by atoms with E-state index in [1.54, 1.807) is 0 Å². The molecule has 2 heterocycles. The maximum atomic E-state index is 12.6. The van der Waals surface area contributed by atoms with E-state index in [1.165, 1.54) is 0 Å². The van der Waals surface area contributed by atoms with Gasteiger partial charge in [-0.25, -0.2) is 0 Å². The molecule has 168 valence electrons. The van der Waals surface area contributed by atoms with Crippen LogP contribution in [0.2, 0.25) is 5.02 Å². The highest BCUT2D eigenvalue weighted by molar-refractivity contribution is 6.30. The van der Waals surface area contributed by atoms with Gasteiger partial charge in [-0.05, 0) is 44.0 Å². The molecule has 1 fully saturated rings. The molecule has 0 atom stereocenters. The zero-order chi connectivity index (χ0) is 22.5. The van der Waals surface area contributed by atoms with Gasteiger partial charge in [-0.15, -0.1) is 0 Å². The number of halogens is 1. The summed E-state index contributed by atoms with van der Waals surface area (Å²) < 4.78 is 1.97. The fourth-order valence-corrected chi connectivity index (χ4v) is 4.01. The van der Waals surface area contributed by atoms with Gasteiger partial charge in [0.15, 0.2) is 0 Å². The average Bonchev–Trinajstić information content (AvgIpc) is 2.99. The molecule has 1 aromatic heterocycles. The van der Waals surface area contributed by atoms with Crippen LogP contribution in [0.5, 0.6) is 0 Å². The predicted molar refractivity (Wildman–Crippen MR) is 123 cm³/mol. The summed E-state index contributed by atoms with van der Waals surface area (Å²) in [4.78, 5) is 29.1. The molecule has 3 rings (SSSR count). The molecule has 0 unspecified atom stereocenters. The molecule has 2 aromatic rings. The Kier molecular flexibility index (Phi) is 7.59. The molecule has 0 aliphatic carbocycles. The second kappa shape index (κ2) is 10.2. The molecule has 8 heteroatoms. The zero-order valence-electron chi connectivity index (χ0n) is 18.8. The fourth-order valence-electron chi connectivity index (χ4n) is 3.89. The first-order valence-corrected chi connectivity index (χ1v) is 11.2. The monoisotopic (exact) mass is 445 g/mol. The van der Waals surface area contributed by atoms with Crippen molar-refractivity contribution in [3.8, 4) is 0 Å². The molecule has 1 saturated heterocycles. The van der Waals surface area contributed by atoms with Crippen LogP contribution in [-0.4, -0.2) is 59.2 Å². The Labute approximate surface area is 189 Å². The van der Waals surface area contributed by atoms with Gasteiger partial charge in [0.05, 0.1) is 18.7 Å². The fraction of sp³-hybridized carbons (Fsp3) is 0.522. The van der Waals surface area contributed by atoms with E-state index in [0.29, 0.717) is 24.0 Å². The van der Waals surface area contributed by atoms with E-state index in [-0.39, 0.29) is 24.8 Å². The molecular weight excluding hydrogens is 414 g/mol. The van der Waals surface area contributed by atoms with Crippen molar-refractivity contribution in [3.05, 3.63) is 46.2 Å². The average molecular weight is 446 g/mol. The summed E-state index contributed by atoms with van der Waals surface area (Å²) in [5.74, 6) is 0.286. The van der Waals surface area contributed by atoms with Gasteiger partial charge in [0.2, 0.25) is 11.8 Å². The molecule has 0 spiro atoms. The Bertz CT molecular complexity index is 915. The van der Waals surface area contributed by atoms with Crippen molar-refractivity contribution < 1.29 is 9.59 Å². The number of anilines is 1. The topological polar surface area (TPSA) is 70.5 Å². The Balaban J connectivity index is 1.46. The lowest BCUT2D eigenvalue weighted by Gasteiger charge is -2.36. The van der Waals surface area contributed by atoms with E-state index < -0.39 is 0 Å². The molecule has 31 heavy (non-hydrogen) atoms. The van der Waals surface area contributed by atoms with E-state index in [1.807, 2.05) is 47.7 Å². The first-order chi connectivity index (χ1) is 14.7. The summed E-state index contributed by atoms with van der Waals surface area (Å²) in [6, 6.07) is 7.74. The quantitative estimate of drug-likeness (QED) is 0.711.